The van der Waals surface area contributed by atoms with Crippen molar-refractivity contribution >= 4 is 17.4 Å². The second-order valence-electron chi connectivity index (χ2n) is 6.33. The largest absolute Gasteiger partial charge is 0.573 e. The molecule has 162 valence electrons. The Labute approximate surface area is 176 Å². The number of hydrogen-bond acceptors (Lipinski definition) is 4. The Morgan fingerprint density at radius 3 is 2.35 bits per heavy atom. The Morgan fingerprint density at radius 1 is 0.903 bits per heavy atom. The van der Waals surface area contributed by atoms with E-state index in [0.29, 0.717) is 23.8 Å². The Balaban J connectivity index is 1.65. The highest BCUT2D eigenvalue weighted by Gasteiger charge is 2.30. The van der Waals surface area contributed by atoms with Crippen molar-refractivity contribution < 1.29 is 32.2 Å². The van der Waals surface area contributed by atoms with Crippen LogP contribution in [0.2, 0.25) is 0 Å². The standard InChI is InChI=1S/C22H19F3N2O4/c1-29-14-15-5-4-6-18(13-15)30-20-8-3-2-7-19(20)27-21(28)26-16-9-11-17(12-10-16)31-22(23,24)25/h2-13H,14H2,1H3,(H2,26,27,28). The molecule has 0 saturated heterocycles. The van der Waals surface area contributed by atoms with Gasteiger partial charge in [-0.25, -0.2) is 4.79 Å². The van der Waals surface area contributed by atoms with Gasteiger partial charge in [-0.1, -0.05) is 24.3 Å². The lowest BCUT2D eigenvalue weighted by Crippen LogP contribution is -2.20. The lowest BCUT2D eigenvalue weighted by Gasteiger charge is -2.14. The number of alkyl halides is 3. The normalized spacial score (nSPS) is 11.0. The number of carbonyl (C=O) groups is 1. The van der Waals surface area contributed by atoms with Crippen LogP contribution in [0.5, 0.6) is 17.2 Å². The zero-order valence-corrected chi connectivity index (χ0v) is 16.4. The average molecular weight is 432 g/mol. The molecular formula is C22H19F3N2O4. The molecule has 3 aromatic rings. The van der Waals surface area contributed by atoms with Gasteiger partial charge in [-0.05, 0) is 54.1 Å². The van der Waals surface area contributed by atoms with Gasteiger partial charge < -0.3 is 24.8 Å². The van der Waals surface area contributed by atoms with Crippen LogP contribution >= 0.6 is 0 Å². The van der Waals surface area contributed by atoms with E-state index in [0.717, 1.165) is 17.7 Å². The molecule has 0 bridgehead atoms. The summed E-state index contributed by atoms with van der Waals surface area (Å²) in [5.74, 6) is 0.610. The van der Waals surface area contributed by atoms with Crippen LogP contribution in [0.1, 0.15) is 5.56 Å². The number of amides is 2. The van der Waals surface area contributed by atoms with Crippen LogP contribution in [0.3, 0.4) is 0 Å². The van der Waals surface area contributed by atoms with Crippen molar-refractivity contribution in [3.8, 4) is 17.2 Å². The smallest absolute Gasteiger partial charge is 0.455 e. The minimum absolute atomic E-state index is 0.290. The van der Waals surface area contributed by atoms with E-state index in [9.17, 15) is 18.0 Å². The second kappa shape index (κ2) is 9.86. The molecule has 0 heterocycles. The summed E-state index contributed by atoms with van der Waals surface area (Å²) in [6.07, 6.45) is -4.78. The minimum Gasteiger partial charge on any atom is -0.455 e. The van der Waals surface area contributed by atoms with Gasteiger partial charge in [-0.2, -0.15) is 0 Å². The summed E-state index contributed by atoms with van der Waals surface area (Å²) < 4.78 is 51.5. The van der Waals surface area contributed by atoms with Gasteiger partial charge in [0.05, 0.1) is 12.3 Å². The zero-order chi connectivity index (χ0) is 22.3. The number of halogens is 3. The van der Waals surface area contributed by atoms with Crippen LogP contribution in [-0.4, -0.2) is 19.5 Å². The highest BCUT2D eigenvalue weighted by Crippen LogP contribution is 2.30. The lowest BCUT2D eigenvalue weighted by atomic mass is 10.2. The molecule has 2 N–H and O–H groups in total. The van der Waals surface area contributed by atoms with Gasteiger partial charge in [-0.15, -0.1) is 13.2 Å². The molecular weight excluding hydrogens is 413 g/mol. The van der Waals surface area contributed by atoms with E-state index in [1.165, 1.54) is 12.1 Å². The Bertz CT molecular complexity index is 1020. The molecule has 0 spiro atoms. The quantitative estimate of drug-likeness (QED) is 0.469. The highest BCUT2D eigenvalue weighted by molar-refractivity contribution is 6.00. The van der Waals surface area contributed by atoms with Crippen LogP contribution < -0.4 is 20.1 Å². The van der Waals surface area contributed by atoms with Crippen molar-refractivity contribution in [3.05, 3.63) is 78.4 Å². The summed E-state index contributed by atoms with van der Waals surface area (Å²) in [5.41, 5.74) is 1.63. The third-order valence-electron chi connectivity index (χ3n) is 3.92. The number of nitrogens with one attached hydrogen (secondary N) is 2. The molecule has 0 aliphatic heterocycles. The lowest BCUT2D eigenvalue weighted by molar-refractivity contribution is -0.274. The van der Waals surface area contributed by atoms with Crippen LogP contribution in [0.25, 0.3) is 0 Å². The van der Waals surface area contributed by atoms with Crippen molar-refractivity contribution in [1.82, 2.24) is 0 Å². The Morgan fingerprint density at radius 2 is 1.65 bits per heavy atom. The summed E-state index contributed by atoms with van der Waals surface area (Å²) in [4.78, 5) is 12.3. The van der Waals surface area contributed by atoms with Gasteiger partial charge in [0.1, 0.15) is 11.5 Å². The van der Waals surface area contributed by atoms with E-state index in [1.807, 2.05) is 18.2 Å². The predicted octanol–water partition coefficient (Wildman–Crippen LogP) is 6.17. The summed E-state index contributed by atoms with van der Waals surface area (Å²) in [7, 11) is 1.60. The fourth-order valence-electron chi connectivity index (χ4n) is 2.68. The molecule has 0 aliphatic carbocycles. The monoisotopic (exact) mass is 432 g/mol. The molecule has 0 atom stereocenters. The van der Waals surface area contributed by atoms with Gasteiger partial charge in [-0.3, -0.25) is 0 Å². The van der Waals surface area contributed by atoms with Crippen LogP contribution in [-0.2, 0) is 11.3 Å². The van der Waals surface area contributed by atoms with Crippen LogP contribution in [0, 0.1) is 0 Å². The average Bonchev–Trinajstić information content (AvgIpc) is 2.70. The molecule has 0 radical (unpaired) electrons. The zero-order valence-electron chi connectivity index (χ0n) is 16.4. The molecule has 9 heteroatoms. The van der Waals surface area contributed by atoms with Gasteiger partial charge in [0, 0.05) is 12.8 Å². The molecule has 0 fully saturated rings. The topological polar surface area (TPSA) is 68.8 Å². The SMILES string of the molecule is COCc1cccc(Oc2ccccc2NC(=O)Nc2ccc(OC(F)(F)F)cc2)c1. The molecule has 6 nitrogen and oxygen atoms in total. The number of carbonyl (C=O) groups excluding carboxylic acids is 1. The number of urea groups is 1. The summed E-state index contributed by atoms with van der Waals surface area (Å²) in [6.45, 7) is 0.437. The summed E-state index contributed by atoms with van der Waals surface area (Å²) in [5, 5.41) is 5.20. The van der Waals surface area contributed by atoms with Gasteiger partial charge in [0.25, 0.3) is 0 Å². The van der Waals surface area contributed by atoms with Crippen molar-refractivity contribution in [2.75, 3.05) is 17.7 Å². The first-order valence-corrected chi connectivity index (χ1v) is 9.11. The van der Waals surface area contributed by atoms with E-state index < -0.39 is 12.4 Å². The first-order valence-electron chi connectivity index (χ1n) is 9.11. The van der Waals surface area contributed by atoms with Gasteiger partial charge in [0.2, 0.25) is 0 Å². The molecule has 0 aliphatic rings. The number of methoxy groups -OCH3 is 1. The fraction of sp³-hybridized carbons (Fsp3) is 0.136. The Kier molecular flexibility index (Phi) is 6.99. The van der Waals surface area contributed by atoms with Crippen molar-refractivity contribution in [2.24, 2.45) is 0 Å². The van der Waals surface area contributed by atoms with E-state index in [4.69, 9.17) is 9.47 Å². The molecule has 31 heavy (non-hydrogen) atoms. The van der Waals surface area contributed by atoms with Crippen molar-refractivity contribution in [3.63, 3.8) is 0 Å². The molecule has 0 aromatic heterocycles. The van der Waals surface area contributed by atoms with Crippen molar-refractivity contribution in [2.45, 2.75) is 13.0 Å². The summed E-state index contributed by atoms with van der Waals surface area (Å²) >= 11 is 0. The maximum absolute atomic E-state index is 12.3. The molecule has 3 aromatic carbocycles. The fourth-order valence-corrected chi connectivity index (χ4v) is 2.68. The number of rotatable bonds is 7. The number of hydrogen-bond donors (Lipinski definition) is 2. The summed E-state index contributed by atoms with van der Waals surface area (Å²) in [6, 6.07) is 18.4. The minimum atomic E-state index is -4.78. The van der Waals surface area contributed by atoms with Gasteiger partial charge in [0.15, 0.2) is 5.75 Å². The molecule has 0 unspecified atom stereocenters. The van der Waals surface area contributed by atoms with Gasteiger partial charge >= 0.3 is 12.4 Å². The predicted molar refractivity (Wildman–Crippen MR) is 109 cm³/mol. The maximum atomic E-state index is 12.3. The van der Waals surface area contributed by atoms with E-state index >= 15 is 0 Å². The number of benzene rings is 3. The van der Waals surface area contributed by atoms with Crippen LogP contribution in [0.15, 0.2) is 72.8 Å². The number of ether oxygens (including phenoxy) is 3. The maximum Gasteiger partial charge on any atom is 0.573 e. The molecule has 3 rings (SSSR count). The third-order valence-corrected chi connectivity index (χ3v) is 3.92. The Hall–Kier alpha value is -3.72. The number of anilines is 2. The molecule has 2 amide bonds. The van der Waals surface area contributed by atoms with Crippen LogP contribution in [0.4, 0.5) is 29.3 Å². The number of para-hydroxylation sites is 2. The van der Waals surface area contributed by atoms with Crippen molar-refractivity contribution in [1.29, 1.82) is 0 Å². The third kappa shape index (κ3) is 6.93. The van der Waals surface area contributed by atoms with E-state index in [2.05, 4.69) is 15.4 Å². The second-order valence-corrected chi connectivity index (χ2v) is 6.33. The van der Waals surface area contributed by atoms with E-state index in [1.54, 1.807) is 37.4 Å². The first-order chi connectivity index (χ1) is 14.8. The van der Waals surface area contributed by atoms with E-state index in [-0.39, 0.29) is 11.4 Å². The molecule has 0 saturated carbocycles. The highest BCUT2D eigenvalue weighted by atomic mass is 19.4. The first kappa shape index (κ1) is 22.0.